The smallest absolute Gasteiger partial charge is 0.170 e. The van der Waals surface area contributed by atoms with Crippen LogP contribution in [0, 0.1) is 0 Å². The molecule has 0 aliphatic heterocycles. The van der Waals surface area contributed by atoms with Gasteiger partial charge in [0, 0.05) is 8.95 Å². The lowest BCUT2D eigenvalue weighted by atomic mass is 10.0. The van der Waals surface area contributed by atoms with E-state index in [4.69, 9.17) is 0 Å². The second-order valence-corrected chi connectivity index (χ2v) is 4.80. The number of hydrogen-bond donors (Lipinski definition) is 0. The molecule has 0 radical (unpaired) electrons. The normalized spacial score (nSPS) is 14.1. The molecule has 5 heteroatoms. The van der Waals surface area contributed by atoms with Crippen molar-refractivity contribution in [3.05, 3.63) is 32.7 Å². The fraction of sp³-hybridized carbons (Fsp3) is 0.333. The summed E-state index contributed by atoms with van der Waals surface area (Å²) in [6, 6.07) is 4.65. The first-order valence-corrected chi connectivity index (χ1v) is 5.42. The molecule has 14 heavy (non-hydrogen) atoms. The van der Waals surface area contributed by atoms with Gasteiger partial charge in [-0.1, -0.05) is 31.9 Å². The second kappa shape index (κ2) is 4.23. The molecular weight excluding hydrogens is 325 g/mol. The van der Waals surface area contributed by atoms with Gasteiger partial charge in [0.1, 0.15) is 0 Å². The highest BCUT2D eigenvalue weighted by atomic mass is 79.9. The van der Waals surface area contributed by atoms with E-state index < -0.39 is 12.1 Å². The van der Waals surface area contributed by atoms with Crippen LogP contribution in [0.3, 0.4) is 0 Å². The van der Waals surface area contributed by atoms with Crippen LogP contribution < -0.4 is 0 Å². The number of halogens is 5. The maximum absolute atomic E-state index is 12.4. The maximum Gasteiger partial charge on any atom is 0.395 e. The van der Waals surface area contributed by atoms with Gasteiger partial charge >= 0.3 is 6.18 Å². The van der Waals surface area contributed by atoms with Crippen LogP contribution in [0.1, 0.15) is 18.4 Å². The Labute approximate surface area is 96.8 Å². The summed E-state index contributed by atoms with van der Waals surface area (Å²) in [5.41, 5.74) is 0.249. The minimum Gasteiger partial charge on any atom is -0.170 e. The van der Waals surface area contributed by atoms with Crippen molar-refractivity contribution in [1.29, 1.82) is 0 Å². The topological polar surface area (TPSA) is 0 Å². The molecule has 1 aromatic carbocycles. The molecule has 1 unspecified atom stereocenters. The number of benzene rings is 1. The minimum absolute atomic E-state index is 0.249. The summed E-state index contributed by atoms with van der Waals surface area (Å²) >= 11 is 6.30. The van der Waals surface area contributed by atoms with Crippen molar-refractivity contribution in [2.24, 2.45) is 0 Å². The maximum atomic E-state index is 12.4. The first kappa shape index (κ1) is 12.0. The SMILES string of the molecule is CC(c1cc(Br)cc(Br)c1)C(F)(F)F. The van der Waals surface area contributed by atoms with Gasteiger partial charge in [-0.05, 0) is 30.7 Å². The van der Waals surface area contributed by atoms with Gasteiger partial charge in [-0.25, -0.2) is 0 Å². The van der Waals surface area contributed by atoms with Gasteiger partial charge in [-0.2, -0.15) is 13.2 Å². The summed E-state index contributed by atoms with van der Waals surface area (Å²) in [5, 5.41) is 0. The monoisotopic (exact) mass is 330 g/mol. The summed E-state index contributed by atoms with van der Waals surface area (Å²) in [4.78, 5) is 0. The quantitative estimate of drug-likeness (QED) is 0.688. The van der Waals surface area contributed by atoms with E-state index in [1.165, 1.54) is 12.1 Å². The molecule has 0 fully saturated rings. The summed E-state index contributed by atoms with van der Waals surface area (Å²) < 4.78 is 38.4. The number of rotatable bonds is 1. The summed E-state index contributed by atoms with van der Waals surface area (Å²) in [6.07, 6.45) is -4.19. The third-order valence-corrected chi connectivity index (χ3v) is 2.79. The van der Waals surface area contributed by atoms with Gasteiger partial charge in [0.2, 0.25) is 0 Å². The van der Waals surface area contributed by atoms with Gasteiger partial charge in [-0.3, -0.25) is 0 Å². The van der Waals surface area contributed by atoms with Gasteiger partial charge in [-0.15, -0.1) is 0 Å². The molecule has 0 nitrogen and oxygen atoms in total. The number of alkyl halides is 3. The molecule has 0 spiro atoms. The van der Waals surface area contributed by atoms with E-state index in [-0.39, 0.29) is 5.56 Å². The molecule has 1 aromatic rings. The molecule has 0 saturated heterocycles. The summed E-state index contributed by atoms with van der Waals surface area (Å²) in [6.45, 7) is 1.15. The number of hydrogen-bond acceptors (Lipinski definition) is 0. The van der Waals surface area contributed by atoms with Crippen molar-refractivity contribution in [1.82, 2.24) is 0 Å². The zero-order chi connectivity index (χ0) is 10.9. The van der Waals surface area contributed by atoms with Gasteiger partial charge in [0.15, 0.2) is 0 Å². The second-order valence-electron chi connectivity index (χ2n) is 2.97. The Morgan fingerprint density at radius 1 is 1.07 bits per heavy atom. The van der Waals surface area contributed by atoms with Crippen molar-refractivity contribution in [2.45, 2.75) is 19.0 Å². The van der Waals surface area contributed by atoms with E-state index in [0.717, 1.165) is 6.92 Å². The van der Waals surface area contributed by atoms with Crippen LogP contribution in [0.5, 0.6) is 0 Å². The lowest BCUT2D eigenvalue weighted by Crippen LogP contribution is -2.17. The van der Waals surface area contributed by atoms with Crippen LogP contribution in [0.2, 0.25) is 0 Å². The molecular formula is C9H7Br2F3. The van der Waals surface area contributed by atoms with Crippen molar-refractivity contribution in [3.8, 4) is 0 Å². The highest BCUT2D eigenvalue weighted by Gasteiger charge is 2.37. The van der Waals surface area contributed by atoms with Crippen LogP contribution in [-0.4, -0.2) is 6.18 Å². The predicted octanol–water partition coefficient (Wildman–Crippen LogP) is 4.88. The zero-order valence-electron chi connectivity index (χ0n) is 7.20. The molecule has 0 heterocycles. The Kier molecular flexibility index (Phi) is 3.63. The average Bonchev–Trinajstić information content (AvgIpc) is 1.99. The van der Waals surface area contributed by atoms with E-state index in [1.807, 2.05) is 0 Å². The van der Waals surface area contributed by atoms with Crippen molar-refractivity contribution < 1.29 is 13.2 Å². The molecule has 0 aliphatic rings. The van der Waals surface area contributed by atoms with Gasteiger partial charge < -0.3 is 0 Å². The van der Waals surface area contributed by atoms with Crippen LogP contribution in [0.4, 0.5) is 13.2 Å². The highest BCUT2D eigenvalue weighted by Crippen LogP contribution is 2.36. The molecule has 1 atom stereocenters. The Balaban J connectivity index is 3.07. The first-order valence-electron chi connectivity index (χ1n) is 3.83. The molecule has 0 aliphatic carbocycles. The van der Waals surface area contributed by atoms with Crippen LogP contribution in [0.25, 0.3) is 0 Å². The minimum atomic E-state index is -4.19. The van der Waals surface area contributed by atoms with Crippen molar-refractivity contribution in [2.75, 3.05) is 0 Å². The first-order chi connectivity index (χ1) is 6.30. The van der Waals surface area contributed by atoms with E-state index in [1.54, 1.807) is 6.07 Å². The predicted molar refractivity (Wildman–Crippen MR) is 56.3 cm³/mol. The molecule has 0 saturated carbocycles. The lowest BCUT2D eigenvalue weighted by molar-refractivity contribution is -0.146. The Morgan fingerprint density at radius 2 is 1.50 bits per heavy atom. The molecule has 0 amide bonds. The van der Waals surface area contributed by atoms with Crippen molar-refractivity contribution >= 4 is 31.9 Å². The largest absolute Gasteiger partial charge is 0.395 e. The Bertz CT molecular complexity index is 313. The van der Waals surface area contributed by atoms with E-state index in [2.05, 4.69) is 31.9 Å². The van der Waals surface area contributed by atoms with Crippen LogP contribution in [0.15, 0.2) is 27.1 Å². The Hall–Kier alpha value is -0.0300. The lowest BCUT2D eigenvalue weighted by Gasteiger charge is -2.16. The molecule has 0 N–H and O–H groups in total. The summed E-state index contributed by atoms with van der Waals surface area (Å²) in [5.74, 6) is -1.45. The third-order valence-electron chi connectivity index (χ3n) is 1.88. The van der Waals surface area contributed by atoms with Crippen LogP contribution >= 0.6 is 31.9 Å². The molecule has 78 valence electrons. The summed E-state index contributed by atoms with van der Waals surface area (Å²) in [7, 11) is 0. The van der Waals surface area contributed by atoms with E-state index in [9.17, 15) is 13.2 Å². The van der Waals surface area contributed by atoms with Gasteiger partial charge in [0.25, 0.3) is 0 Å². The standard InChI is InChI=1S/C9H7Br2F3/c1-5(9(12,13)14)6-2-7(10)4-8(11)3-6/h2-5H,1H3. The van der Waals surface area contributed by atoms with Crippen LogP contribution in [-0.2, 0) is 0 Å². The molecule has 0 bridgehead atoms. The van der Waals surface area contributed by atoms with Gasteiger partial charge in [0.05, 0.1) is 5.92 Å². The molecule has 1 rings (SSSR count). The molecule has 0 aromatic heterocycles. The van der Waals surface area contributed by atoms with E-state index in [0.29, 0.717) is 8.95 Å². The third kappa shape index (κ3) is 2.98. The Morgan fingerprint density at radius 3 is 1.86 bits per heavy atom. The zero-order valence-corrected chi connectivity index (χ0v) is 10.4. The van der Waals surface area contributed by atoms with E-state index >= 15 is 0 Å². The fourth-order valence-corrected chi connectivity index (χ4v) is 2.34. The highest BCUT2D eigenvalue weighted by molar-refractivity contribution is 9.11. The van der Waals surface area contributed by atoms with Crippen molar-refractivity contribution in [3.63, 3.8) is 0 Å². The average molecular weight is 332 g/mol. The fourth-order valence-electron chi connectivity index (χ4n) is 1.01.